The summed E-state index contributed by atoms with van der Waals surface area (Å²) >= 11 is 0. The van der Waals surface area contributed by atoms with Gasteiger partial charge in [-0.3, -0.25) is 4.79 Å². The van der Waals surface area contributed by atoms with E-state index in [1.165, 1.54) is 5.57 Å². The van der Waals surface area contributed by atoms with Crippen LogP contribution >= 0.6 is 0 Å². The van der Waals surface area contributed by atoms with Crippen LogP contribution in [0.1, 0.15) is 40.5 Å². The molecule has 0 aliphatic rings. The third-order valence-electron chi connectivity index (χ3n) is 2.16. The van der Waals surface area contributed by atoms with Crippen molar-refractivity contribution in [1.29, 1.82) is 0 Å². The molecule has 0 saturated carbocycles. The molecule has 0 aromatic rings. The lowest BCUT2D eigenvalue weighted by Gasteiger charge is -2.02. The number of hydrogen-bond donors (Lipinski definition) is 0. The smallest absolute Gasteiger partial charge is 0.145 e. The van der Waals surface area contributed by atoms with Gasteiger partial charge in [-0.25, -0.2) is 0 Å². The quantitative estimate of drug-likeness (QED) is 0.277. The average Bonchev–Trinajstić information content (AvgIpc) is 2.17. The van der Waals surface area contributed by atoms with Crippen molar-refractivity contribution in [3.8, 4) is 0 Å². The van der Waals surface area contributed by atoms with E-state index in [4.69, 9.17) is 0 Å². The molecule has 15 heavy (non-hydrogen) atoms. The SMILES string of the molecule is CC(C)=CCC[C@H](C)/C=C/C=C(\C)C=O. The van der Waals surface area contributed by atoms with Crippen molar-refractivity contribution in [3.63, 3.8) is 0 Å². The summed E-state index contributed by atoms with van der Waals surface area (Å²) in [5.74, 6) is 0.566. The van der Waals surface area contributed by atoms with E-state index in [-0.39, 0.29) is 0 Å². The van der Waals surface area contributed by atoms with Crippen LogP contribution in [0.3, 0.4) is 0 Å². The molecule has 0 saturated heterocycles. The van der Waals surface area contributed by atoms with E-state index < -0.39 is 0 Å². The third-order valence-corrected chi connectivity index (χ3v) is 2.16. The molecular weight excluding hydrogens is 184 g/mol. The van der Waals surface area contributed by atoms with Crippen LogP contribution in [0.25, 0.3) is 0 Å². The Morgan fingerprint density at radius 3 is 2.47 bits per heavy atom. The first kappa shape index (κ1) is 13.9. The molecule has 0 spiro atoms. The lowest BCUT2D eigenvalue weighted by atomic mass is 10.0. The molecule has 0 aromatic heterocycles. The van der Waals surface area contributed by atoms with Gasteiger partial charge in [0.25, 0.3) is 0 Å². The fourth-order valence-corrected chi connectivity index (χ4v) is 1.17. The van der Waals surface area contributed by atoms with Crippen LogP contribution in [-0.4, -0.2) is 6.29 Å². The highest BCUT2D eigenvalue weighted by Crippen LogP contribution is 2.09. The van der Waals surface area contributed by atoms with Crippen LogP contribution in [0, 0.1) is 5.92 Å². The maximum atomic E-state index is 10.3. The number of carbonyl (C=O) groups is 1. The number of aldehydes is 1. The molecule has 0 rings (SSSR count). The van der Waals surface area contributed by atoms with Crippen molar-refractivity contribution in [3.05, 3.63) is 35.5 Å². The van der Waals surface area contributed by atoms with E-state index in [0.29, 0.717) is 5.92 Å². The molecule has 84 valence electrons. The van der Waals surface area contributed by atoms with Crippen molar-refractivity contribution < 1.29 is 4.79 Å². The standard InChI is InChI=1S/C14H22O/c1-12(2)7-5-8-13(3)9-6-10-14(4)11-15/h6-7,9-11,13H,5,8H2,1-4H3/b9-6+,14-10+/t13-/m0/s1. The molecule has 0 radical (unpaired) electrons. The van der Waals surface area contributed by atoms with Crippen molar-refractivity contribution in [2.45, 2.75) is 40.5 Å². The number of carbonyl (C=O) groups excluding carboxylic acids is 1. The summed E-state index contributed by atoms with van der Waals surface area (Å²) < 4.78 is 0. The second-order valence-electron chi connectivity index (χ2n) is 4.25. The minimum absolute atomic E-state index is 0.566. The lowest BCUT2D eigenvalue weighted by molar-refractivity contribution is -0.104. The van der Waals surface area contributed by atoms with Crippen LogP contribution < -0.4 is 0 Å². The molecule has 0 aliphatic carbocycles. The zero-order valence-corrected chi connectivity index (χ0v) is 10.3. The lowest BCUT2D eigenvalue weighted by Crippen LogP contribution is -1.87. The van der Waals surface area contributed by atoms with Gasteiger partial charge >= 0.3 is 0 Å². The van der Waals surface area contributed by atoms with Crippen molar-refractivity contribution in [2.24, 2.45) is 5.92 Å². The molecule has 1 nitrogen and oxygen atoms in total. The van der Waals surface area contributed by atoms with Gasteiger partial charge in [-0.1, -0.05) is 36.8 Å². The third kappa shape index (κ3) is 9.20. The Hall–Kier alpha value is -1.11. The van der Waals surface area contributed by atoms with E-state index in [0.717, 1.165) is 24.7 Å². The summed E-state index contributed by atoms with van der Waals surface area (Å²) in [7, 11) is 0. The molecule has 0 amide bonds. The summed E-state index contributed by atoms with van der Waals surface area (Å²) in [6, 6.07) is 0. The normalized spacial score (nSPS) is 14.0. The molecule has 0 unspecified atom stereocenters. The van der Waals surface area contributed by atoms with Crippen LogP contribution in [0.5, 0.6) is 0 Å². The van der Waals surface area contributed by atoms with Crippen molar-refractivity contribution >= 4 is 6.29 Å². The highest BCUT2D eigenvalue weighted by atomic mass is 16.1. The first-order chi connectivity index (χ1) is 7.06. The molecule has 0 aromatic carbocycles. The molecule has 0 bridgehead atoms. The highest BCUT2D eigenvalue weighted by Gasteiger charge is 1.94. The fourth-order valence-electron chi connectivity index (χ4n) is 1.17. The maximum Gasteiger partial charge on any atom is 0.145 e. The summed E-state index contributed by atoms with van der Waals surface area (Å²) in [4.78, 5) is 10.3. The molecule has 0 fully saturated rings. The van der Waals surface area contributed by atoms with Crippen LogP contribution in [0.2, 0.25) is 0 Å². The van der Waals surface area contributed by atoms with Crippen LogP contribution in [0.4, 0.5) is 0 Å². The van der Waals surface area contributed by atoms with Gasteiger partial charge in [0, 0.05) is 0 Å². The topological polar surface area (TPSA) is 17.1 Å². The molecule has 0 heterocycles. The minimum Gasteiger partial charge on any atom is -0.298 e. The van der Waals surface area contributed by atoms with Crippen molar-refractivity contribution in [1.82, 2.24) is 0 Å². The summed E-state index contributed by atoms with van der Waals surface area (Å²) in [5.41, 5.74) is 2.14. The maximum absolute atomic E-state index is 10.3. The van der Waals surface area contributed by atoms with Gasteiger partial charge in [0.15, 0.2) is 0 Å². The Labute approximate surface area is 93.6 Å². The summed E-state index contributed by atoms with van der Waals surface area (Å²) in [6.07, 6.45) is 11.4. The van der Waals surface area contributed by atoms with E-state index in [2.05, 4.69) is 32.9 Å². The second kappa shape index (κ2) is 8.22. The first-order valence-corrected chi connectivity index (χ1v) is 5.50. The summed E-state index contributed by atoms with van der Waals surface area (Å²) in [6.45, 7) is 8.25. The van der Waals surface area contributed by atoms with E-state index >= 15 is 0 Å². The number of rotatable bonds is 6. The highest BCUT2D eigenvalue weighted by molar-refractivity contribution is 5.72. The predicted molar refractivity (Wildman–Crippen MR) is 66.8 cm³/mol. The Morgan fingerprint density at radius 1 is 1.27 bits per heavy atom. The Balaban J connectivity index is 3.88. The molecule has 1 atom stereocenters. The largest absolute Gasteiger partial charge is 0.298 e. The van der Waals surface area contributed by atoms with Gasteiger partial charge in [-0.2, -0.15) is 0 Å². The Kier molecular flexibility index (Phi) is 7.61. The zero-order chi connectivity index (χ0) is 11.7. The minimum atomic E-state index is 0.566. The summed E-state index contributed by atoms with van der Waals surface area (Å²) in [5, 5.41) is 0. The second-order valence-corrected chi connectivity index (χ2v) is 4.25. The van der Waals surface area contributed by atoms with Gasteiger partial charge in [-0.05, 0) is 45.1 Å². The van der Waals surface area contributed by atoms with Gasteiger partial charge in [0.05, 0.1) is 0 Å². The van der Waals surface area contributed by atoms with E-state index in [9.17, 15) is 4.79 Å². The van der Waals surface area contributed by atoms with Crippen LogP contribution in [0.15, 0.2) is 35.5 Å². The van der Waals surface area contributed by atoms with Crippen molar-refractivity contribution in [2.75, 3.05) is 0 Å². The molecular formula is C14H22O. The Bertz CT molecular complexity index is 265. The van der Waals surface area contributed by atoms with Gasteiger partial charge in [0.1, 0.15) is 6.29 Å². The first-order valence-electron chi connectivity index (χ1n) is 5.50. The Morgan fingerprint density at radius 2 is 1.93 bits per heavy atom. The predicted octanol–water partition coefficient (Wildman–Crippen LogP) is 4.07. The van der Waals surface area contributed by atoms with Gasteiger partial charge in [0.2, 0.25) is 0 Å². The van der Waals surface area contributed by atoms with E-state index in [1.807, 2.05) is 19.1 Å². The number of hydrogen-bond acceptors (Lipinski definition) is 1. The monoisotopic (exact) mass is 206 g/mol. The molecule has 0 N–H and O–H groups in total. The van der Waals surface area contributed by atoms with Gasteiger partial charge < -0.3 is 0 Å². The van der Waals surface area contributed by atoms with Crippen LogP contribution in [-0.2, 0) is 4.79 Å². The molecule has 1 heteroatoms. The van der Waals surface area contributed by atoms with E-state index in [1.54, 1.807) is 0 Å². The fraction of sp³-hybridized carbons (Fsp3) is 0.500. The molecule has 0 aliphatic heterocycles. The zero-order valence-electron chi connectivity index (χ0n) is 10.3. The van der Waals surface area contributed by atoms with Gasteiger partial charge in [-0.15, -0.1) is 0 Å². The number of allylic oxidation sites excluding steroid dienone is 6. The average molecular weight is 206 g/mol.